The van der Waals surface area contributed by atoms with Crippen LogP contribution in [0.2, 0.25) is 0 Å². The Labute approximate surface area is 334 Å². The molecule has 0 radical (unpaired) electrons. The van der Waals surface area contributed by atoms with Crippen LogP contribution < -0.4 is 0 Å². The van der Waals surface area contributed by atoms with Crippen molar-refractivity contribution in [3.63, 3.8) is 0 Å². The molecule has 4 nitrogen and oxygen atoms in total. The van der Waals surface area contributed by atoms with Crippen LogP contribution in [-0.2, 0) is 6.42 Å². The molecule has 270 valence electrons. The van der Waals surface area contributed by atoms with Gasteiger partial charge in [0.15, 0.2) is 17.5 Å². The highest BCUT2D eigenvalue weighted by Gasteiger charge is 2.20. The van der Waals surface area contributed by atoms with Crippen LogP contribution in [0.5, 0.6) is 0 Å². The minimum absolute atomic E-state index is 0.653. The summed E-state index contributed by atoms with van der Waals surface area (Å²) in [4.78, 5) is 15.3. The number of fused-ring (bicyclic) bond motifs is 7. The van der Waals surface area contributed by atoms with Crippen LogP contribution >= 0.6 is 11.3 Å². The molecule has 0 aliphatic rings. The van der Waals surface area contributed by atoms with Crippen molar-refractivity contribution in [3.05, 3.63) is 181 Å². The van der Waals surface area contributed by atoms with Crippen molar-refractivity contribution in [2.24, 2.45) is 0 Å². The number of thiophene rings is 1. The third-order valence-corrected chi connectivity index (χ3v) is 12.4. The lowest BCUT2D eigenvalue weighted by Crippen LogP contribution is -2.02. The van der Waals surface area contributed by atoms with Gasteiger partial charge in [0.25, 0.3) is 0 Å². The summed E-state index contributed by atoms with van der Waals surface area (Å²) in [6, 6.07) is 63.1. The van der Waals surface area contributed by atoms with Gasteiger partial charge >= 0.3 is 0 Å². The molecule has 0 bridgehead atoms. The molecule has 0 N–H and O–H groups in total. The average molecular weight is 749 g/mol. The zero-order chi connectivity index (χ0) is 37.9. The number of para-hydroxylation sites is 1. The molecule has 0 atom stereocenters. The maximum absolute atomic E-state index is 5.18. The van der Waals surface area contributed by atoms with Crippen LogP contribution in [-0.4, -0.2) is 19.5 Å². The van der Waals surface area contributed by atoms with E-state index in [-0.39, 0.29) is 0 Å². The molecule has 3 heterocycles. The molecular formula is C52H36N4S. The van der Waals surface area contributed by atoms with Crippen LogP contribution in [0.1, 0.15) is 18.9 Å². The summed E-state index contributed by atoms with van der Waals surface area (Å²) in [5.74, 6) is 1.98. The first-order valence-corrected chi connectivity index (χ1v) is 20.4. The van der Waals surface area contributed by atoms with Crippen molar-refractivity contribution in [2.45, 2.75) is 19.8 Å². The highest BCUT2D eigenvalue weighted by Crippen LogP contribution is 2.43. The Hall–Kier alpha value is -6.95. The summed E-state index contributed by atoms with van der Waals surface area (Å²) in [5.41, 5.74) is 10.1. The van der Waals surface area contributed by atoms with Gasteiger partial charge in [0, 0.05) is 53.0 Å². The summed E-state index contributed by atoms with van der Waals surface area (Å²) in [6.45, 7) is 2.21. The predicted molar refractivity (Wildman–Crippen MR) is 240 cm³/mol. The number of aromatic nitrogens is 4. The van der Waals surface area contributed by atoms with Gasteiger partial charge in [0.1, 0.15) is 0 Å². The minimum Gasteiger partial charge on any atom is -0.309 e. The Bertz CT molecular complexity index is 3300. The topological polar surface area (TPSA) is 43.6 Å². The van der Waals surface area contributed by atoms with Gasteiger partial charge < -0.3 is 4.57 Å². The number of nitrogens with zero attached hydrogens (tertiary/aromatic N) is 4. The van der Waals surface area contributed by atoms with Gasteiger partial charge in [0.05, 0.1) is 16.7 Å². The fraction of sp³-hybridized carbons (Fsp3) is 0.0577. The van der Waals surface area contributed by atoms with E-state index < -0.39 is 0 Å². The van der Waals surface area contributed by atoms with Gasteiger partial charge in [-0.25, -0.2) is 15.0 Å². The molecule has 11 aromatic rings. The highest BCUT2D eigenvalue weighted by molar-refractivity contribution is 7.26. The Kier molecular flexibility index (Phi) is 8.00. The lowest BCUT2D eigenvalue weighted by molar-refractivity contribution is 0.922. The minimum atomic E-state index is 0.653. The van der Waals surface area contributed by atoms with Gasteiger partial charge in [-0.3, -0.25) is 0 Å². The smallest absolute Gasteiger partial charge is 0.164 e. The third kappa shape index (κ3) is 5.62. The molecule has 0 aliphatic carbocycles. The van der Waals surface area contributed by atoms with Gasteiger partial charge in [-0.1, -0.05) is 159 Å². The van der Waals surface area contributed by atoms with Crippen LogP contribution in [0.15, 0.2) is 176 Å². The molecule has 0 fully saturated rings. The molecule has 0 saturated carbocycles. The van der Waals surface area contributed by atoms with E-state index in [1.165, 1.54) is 58.7 Å². The fourth-order valence-electron chi connectivity index (χ4n) is 8.50. The van der Waals surface area contributed by atoms with E-state index in [2.05, 4.69) is 169 Å². The second kappa shape index (κ2) is 13.7. The Balaban J connectivity index is 1.12. The Morgan fingerprint density at radius 3 is 1.88 bits per heavy atom. The molecule has 0 saturated heterocycles. The maximum atomic E-state index is 5.18. The van der Waals surface area contributed by atoms with E-state index in [9.17, 15) is 0 Å². The van der Waals surface area contributed by atoms with Crippen molar-refractivity contribution in [1.29, 1.82) is 0 Å². The van der Waals surface area contributed by atoms with Crippen molar-refractivity contribution < 1.29 is 0 Å². The summed E-state index contributed by atoms with van der Waals surface area (Å²) in [7, 11) is 0. The first kappa shape index (κ1) is 33.4. The van der Waals surface area contributed by atoms with Crippen LogP contribution in [0.3, 0.4) is 0 Å². The fourth-order valence-corrected chi connectivity index (χ4v) is 9.73. The first-order valence-electron chi connectivity index (χ1n) is 19.6. The highest BCUT2D eigenvalue weighted by atomic mass is 32.1. The normalized spacial score (nSPS) is 11.7. The molecule has 0 aliphatic heterocycles. The Morgan fingerprint density at radius 1 is 0.439 bits per heavy atom. The summed E-state index contributed by atoms with van der Waals surface area (Å²) >= 11 is 1.87. The van der Waals surface area contributed by atoms with Gasteiger partial charge in [-0.2, -0.15) is 0 Å². The zero-order valence-electron chi connectivity index (χ0n) is 31.4. The van der Waals surface area contributed by atoms with Crippen molar-refractivity contribution >= 4 is 64.1 Å². The number of hydrogen-bond donors (Lipinski definition) is 0. The van der Waals surface area contributed by atoms with E-state index in [1.807, 2.05) is 29.5 Å². The van der Waals surface area contributed by atoms with Crippen molar-refractivity contribution in [1.82, 2.24) is 19.5 Å². The molecule has 0 unspecified atom stereocenters. The SMILES string of the molecule is CCCc1ccc(-c2nc(-c3ccccc3)nc(-c3ccc(-n4c5ccccc5c5ccc(-c6cccc7c6sc6ccccc67)cc54)c4ccccc34)n2)cc1. The molecule has 11 rings (SSSR count). The van der Waals surface area contributed by atoms with Crippen molar-refractivity contribution in [2.75, 3.05) is 0 Å². The van der Waals surface area contributed by atoms with E-state index in [4.69, 9.17) is 15.0 Å². The molecule has 5 heteroatoms. The van der Waals surface area contributed by atoms with Gasteiger partial charge in [-0.05, 0) is 58.8 Å². The second-order valence-corrected chi connectivity index (χ2v) is 15.7. The molecular weight excluding hydrogens is 713 g/mol. The summed E-state index contributed by atoms with van der Waals surface area (Å²) in [6.07, 6.45) is 2.15. The molecule has 57 heavy (non-hydrogen) atoms. The molecule has 3 aromatic heterocycles. The largest absolute Gasteiger partial charge is 0.309 e. The van der Waals surface area contributed by atoms with Gasteiger partial charge in [-0.15, -0.1) is 11.3 Å². The maximum Gasteiger partial charge on any atom is 0.164 e. The standard InChI is InChI=1S/C52H36N4S/c1-2-13-33-24-26-35(27-25-33)51-53-50(34-14-4-3-5-15-34)54-52(55-51)44-30-31-46(39-17-7-6-16-38(39)44)56-45-22-10-8-18-40(45)41-29-28-36(32-47(41)56)37-20-12-21-43-42-19-9-11-23-48(42)57-49(37)43/h3-12,14-32H,2,13H2,1H3. The van der Waals surface area contributed by atoms with E-state index in [1.54, 1.807) is 0 Å². The number of hydrogen-bond acceptors (Lipinski definition) is 4. The van der Waals surface area contributed by atoms with Crippen LogP contribution in [0, 0.1) is 0 Å². The quantitative estimate of drug-likeness (QED) is 0.163. The first-order chi connectivity index (χ1) is 28.2. The van der Waals surface area contributed by atoms with E-state index in [0.717, 1.165) is 46.0 Å². The Morgan fingerprint density at radius 2 is 1.07 bits per heavy atom. The average Bonchev–Trinajstić information content (AvgIpc) is 3.82. The van der Waals surface area contributed by atoms with Crippen LogP contribution in [0.4, 0.5) is 0 Å². The lowest BCUT2D eigenvalue weighted by Gasteiger charge is -2.15. The number of benzene rings is 8. The monoisotopic (exact) mass is 748 g/mol. The van der Waals surface area contributed by atoms with Gasteiger partial charge in [0.2, 0.25) is 0 Å². The second-order valence-electron chi connectivity index (χ2n) is 14.7. The van der Waals surface area contributed by atoms with Crippen LogP contribution in [0.25, 0.3) is 104 Å². The molecule has 8 aromatic carbocycles. The predicted octanol–water partition coefficient (Wildman–Crippen LogP) is 14.1. The van der Waals surface area contributed by atoms with E-state index in [0.29, 0.717) is 17.5 Å². The van der Waals surface area contributed by atoms with E-state index >= 15 is 0 Å². The number of aryl methyl sites for hydroxylation is 1. The van der Waals surface area contributed by atoms with Crippen molar-refractivity contribution in [3.8, 4) is 51.0 Å². The molecule has 0 amide bonds. The number of rotatable bonds is 7. The zero-order valence-corrected chi connectivity index (χ0v) is 32.2. The lowest BCUT2D eigenvalue weighted by atomic mass is 10.0. The molecule has 0 spiro atoms. The summed E-state index contributed by atoms with van der Waals surface area (Å²) < 4.78 is 5.07. The third-order valence-electron chi connectivity index (χ3n) is 11.2. The summed E-state index contributed by atoms with van der Waals surface area (Å²) in [5, 5.41) is 7.29.